The van der Waals surface area contributed by atoms with Gasteiger partial charge in [0.05, 0.1) is 13.2 Å². The zero-order valence-corrected chi connectivity index (χ0v) is 23.2. The molecule has 0 aliphatic carbocycles. The van der Waals surface area contributed by atoms with E-state index in [0.29, 0.717) is 38.4 Å². The average Bonchev–Trinajstić information content (AvgIpc) is 3.19. The second kappa shape index (κ2) is 9.49. The van der Waals surface area contributed by atoms with E-state index in [-0.39, 0.29) is 11.3 Å². The number of amides is 2. The first-order valence-corrected chi connectivity index (χ1v) is 13.3. The van der Waals surface area contributed by atoms with E-state index in [4.69, 9.17) is 18.9 Å². The minimum atomic E-state index is -0.671. The first-order valence-electron chi connectivity index (χ1n) is 13.3. The molecule has 5 rings (SSSR count). The number of aryl methyl sites for hydroxylation is 1. The van der Waals surface area contributed by atoms with Crippen LogP contribution in [0.4, 0.5) is 4.79 Å². The lowest BCUT2D eigenvalue weighted by Gasteiger charge is -2.39. The summed E-state index contributed by atoms with van der Waals surface area (Å²) in [6.45, 7) is 14.0. The fourth-order valence-electron chi connectivity index (χ4n) is 5.49. The Morgan fingerprint density at radius 3 is 2.55 bits per heavy atom. The number of hydrogen-bond acceptors (Lipinski definition) is 6. The van der Waals surface area contributed by atoms with Crippen molar-refractivity contribution in [2.45, 2.75) is 84.3 Å². The maximum Gasteiger partial charge on any atom is 0.407 e. The van der Waals surface area contributed by atoms with Crippen molar-refractivity contribution in [2.75, 3.05) is 19.7 Å². The molecule has 1 N–H and O–H groups in total. The van der Waals surface area contributed by atoms with E-state index in [2.05, 4.69) is 11.4 Å². The number of carbonyl (C=O) groups is 2. The zero-order chi connectivity index (χ0) is 27.3. The minimum absolute atomic E-state index is 0.0324. The number of benzene rings is 2. The highest BCUT2D eigenvalue weighted by molar-refractivity contribution is 5.95. The van der Waals surface area contributed by atoms with Gasteiger partial charge in [-0.15, -0.1) is 0 Å². The molecule has 1 spiro atoms. The minimum Gasteiger partial charge on any atom is -0.492 e. The number of alkyl carbamates (subject to hydrolysis) is 1. The number of nitrogens with zero attached hydrogens (tertiary/aromatic N) is 1. The molecule has 3 heterocycles. The molecule has 0 saturated carbocycles. The maximum atomic E-state index is 13.5. The Hall–Kier alpha value is -3.26. The molecule has 8 heteroatoms. The van der Waals surface area contributed by atoms with Gasteiger partial charge in [-0.25, -0.2) is 4.79 Å². The number of nitrogens with one attached hydrogen (secondary N) is 1. The van der Waals surface area contributed by atoms with Crippen LogP contribution in [-0.2, 0) is 28.0 Å². The van der Waals surface area contributed by atoms with Crippen LogP contribution in [0.5, 0.6) is 11.5 Å². The number of carbonyl (C=O) groups excluding carboxylic acids is 2. The monoisotopic (exact) mass is 522 g/mol. The van der Waals surface area contributed by atoms with Crippen LogP contribution in [0, 0.1) is 6.92 Å². The van der Waals surface area contributed by atoms with Crippen molar-refractivity contribution in [3.05, 3.63) is 58.1 Å². The predicted molar refractivity (Wildman–Crippen MR) is 143 cm³/mol. The Kier molecular flexibility index (Phi) is 6.58. The van der Waals surface area contributed by atoms with Crippen molar-refractivity contribution in [2.24, 2.45) is 0 Å². The van der Waals surface area contributed by atoms with Gasteiger partial charge in [0.15, 0.2) is 0 Å². The number of rotatable bonds is 3. The van der Waals surface area contributed by atoms with Crippen molar-refractivity contribution < 1.29 is 28.5 Å². The van der Waals surface area contributed by atoms with E-state index >= 15 is 0 Å². The van der Waals surface area contributed by atoms with Crippen molar-refractivity contribution in [3.8, 4) is 11.5 Å². The molecule has 0 radical (unpaired) electrons. The summed E-state index contributed by atoms with van der Waals surface area (Å²) in [6, 6.07) is 9.91. The highest BCUT2D eigenvalue weighted by atomic mass is 16.7. The first-order chi connectivity index (χ1) is 17.8. The summed E-state index contributed by atoms with van der Waals surface area (Å²) in [6.07, 6.45) is 1.20. The van der Waals surface area contributed by atoms with Crippen molar-refractivity contribution in [1.29, 1.82) is 0 Å². The molecular formula is C30H38N2O6. The van der Waals surface area contributed by atoms with Gasteiger partial charge >= 0.3 is 6.09 Å². The Labute approximate surface area is 224 Å². The normalized spacial score (nSPS) is 19.2. The Morgan fingerprint density at radius 2 is 1.84 bits per heavy atom. The number of hydrogen-bond donors (Lipinski definition) is 1. The molecule has 3 aliphatic rings. The zero-order valence-electron chi connectivity index (χ0n) is 23.2. The molecule has 0 bridgehead atoms. The fraction of sp³-hybridized carbons (Fsp3) is 0.533. The predicted octanol–water partition coefficient (Wildman–Crippen LogP) is 5.23. The standard InChI is InChI=1S/C30H38N2O6/c1-19-13-21(15-22-17-36-29(5,6)37-25(19)22)26(33)32-11-9-30(10-12-32)18-35-24-8-7-20(14-23(24)30)16-31-27(34)38-28(2,3)4/h7-8,13-15H,9-12,16-18H2,1-6H3,(H,31,34). The van der Waals surface area contributed by atoms with E-state index in [1.54, 1.807) is 0 Å². The Morgan fingerprint density at radius 1 is 1.11 bits per heavy atom. The second-order valence-corrected chi connectivity index (χ2v) is 12.1. The van der Waals surface area contributed by atoms with E-state index in [9.17, 15) is 9.59 Å². The summed E-state index contributed by atoms with van der Waals surface area (Å²) in [4.78, 5) is 27.5. The smallest absolute Gasteiger partial charge is 0.407 e. The Bertz CT molecular complexity index is 1250. The van der Waals surface area contributed by atoms with E-state index < -0.39 is 17.5 Å². The SMILES string of the molecule is Cc1cc(C(=O)N2CCC3(CC2)COc2ccc(CNC(=O)OC(C)(C)C)cc23)cc2c1OC(C)(C)OC2. The van der Waals surface area contributed by atoms with Crippen LogP contribution >= 0.6 is 0 Å². The van der Waals surface area contributed by atoms with E-state index in [0.717, 1.165) is 46.6 Å². The summed E-state index contributed by atoms with van der Waals surface area (Å²) in [7, 11) is 0. The summed E-state index contributed by atoms with van der Waals surface area (Å²) in [5, 5.41) is 2.84. The van der Waals surface area contributed by atoms with Gasteiger partial charge < -0.3 is 29.2 Å². The van der Waals surface area contributed by atoms with Crippen molar-refractivity contribution in [3.63, 3.8) is 0 Å². The number of ether oxygens (including phenoxy) is 4. The summed E-state index contributed by atoms with van der Waals surface area (Å²) < 4.78 is 23.2. The molecule has 204 valence electrons. The van der Waals surface area contributed by atoms with Crippen LogP contribution in [0.1, 0.15) is 80.1 Å². The fourth-order valence-corrected chi connectivity index (χ4v) is 5.49. The molecule has 1 saturated heterocycles. The van der Waals surface area contributed by atoms with Crippen LogP contribution in [0.2, 0.25) is 0 Å². The maximum absolute atomic E-state index is 13.5. The highest BCUT2D eigenvalue weighted by Crippen LogP contribution is 2.46. The van der Waals surface area contributed by atoms with Gasteiger partial charge in [-0.05, 0) is 75.9 Å². The van der Waals surface area contributed by atoms with Crippen molar-refractivity contribution in [1.82, 2.24) is 10.2 Å². The lowest BCUT2D eigenvalue weighted by molar-refractivity contribution is -0.180. The quantitative estimate of drug-likeness (QED) is 0.594. The van der Waals surface area contributed by atoms with Gasteiger partial charge in [0.1, 0.15) is 17.1 Å². The molecule has 0 unspecified atom stereocenters. The number of likely N-dealkylation sites (tertiary alicyclic amines) is 1. The van der Waals surface area contributed by atoms with E-state index in [1.807, 2.05) is 70.7 Å². The third-order valence-corrected chi connectivity index (χ3v) is 7.48. The van der Waals surface area contributed by atoms with Crippen molar-refractivity contribution >= 4 is 12.0 Å². The van der Waals surface area contributed by atoms with Gasteiger partial charge in [0.25, 0.3) is 5.91 Å². The summed E-state index contributed by atoms with van der Waals surface area (Å²) in [5.74, 6) is 1.06. The average molecular weight is 523 g/mol. The van der Waals surface area contributed by atoms with Crippen LogP contribution in [0.15, 0.2) is 30.3 Å². The molecule has 3 aliphatic heterocycles. The third kappa shape index (κ3) is 5.32. The van der Waals surface area contributed by atoms with Crippen LogP contribution in [0.3, 0.4) is 0 Å². The molecule has 2 amide bonds. The summed E-state index contributed by atoms with van der Waals surface area (Å²) in [5.41, 5.74) is 4.01. The van der Waals surface area contributed by atoms with Crippen LogP contribution in [-0.4, -0.2) is 48.0 Å². The molecule has 2 aromatic carbocycles. The lowest BCUT2D eigenvalue weighted by atomic mass is 9.74. The lowest BCUT2D eigenvalue weighted by Crippen LogP contribution is -2.46. The second-order valence-electron chi connectivity index (χ2n) is 12.1. The van der Waals surface area contributed by atoms with Gasteiger partial charge in [0.2, 0.25) is 5.79 Å². The van der Waals surface area contributed by atoms with E-state index in [1.165, 1.54) is 0 Å². The number of piperidine rings is 1. The van der Waals surface area contributed by atoms with Crippen LogP contribution in [0.25, 0.3) is 0 Å². The highest BCUT2D eigenvalue weighted by Gasteiger charge is 2.44. The van der Waals surface area contributed by atoms with Gasteiger partial charge in [0, 0.05) is 55.6 Å². The molecule has 8 nitrogen and oxygen atoms in total. The van der Waals surface area contributed by atoms with Gasteiger partial charge in [-0.2, -0.15) is 0 Å². The van der Waals surface area contributed by atoms with Gasteiger partial charge in [-0.1, -0.05) is 6.07 Å². The molecular weight excluding hydrogens is 484 g/mol. The molecule has 0 atom stereocenters. The third-order valence-electron chi connectivity index (χ3n) is 7.48. The first kappa shape index (κ1) is 26.4. The molecule has 2 aromatic rings. The Balaban J connectivity index is 1.25. The molecule has 0 aromatic heterocycles. The topological polar surface area (TPSA) is 86.3 Å². The molecule has 38 heavy (non-hydrogen) atoms. The van der Waals surface area contributed by atoms with Gasteiger partial charge in [-0.3, -0.25) is 4.79 Å². The largest absolute Gasteiger partial charge is 0.492 e. The molecule has 1 fully saturated rings. The van der Waals surface area contributed by atoms with Crippen LogP contribution < -0.4 is 14.8 Å². The summed E-state index contributed by atoms with van der Waals surface area (Å²) >= 11 is 0. The number of fused-ring (bicyclic) bond motifs is 3.